The van der Waals surface area contributed by atoms with Crippen molar-refractivity contribution in [2.24, 2.45) is 0 Å². The molecular formula is C14H23N3. The summed E-state index contributed by atoms with van der Waals surface area (Å²) in [7, 11) is 0. The van der Waals surface area contributed by atoms with E-state index in [2.05, 4.69) is 22.4 Å². The molecule has 0 aromatic carbocycles. The maximum absolute atomic E-state index is 4.33. The van der Waals surface area contributed by atoms with E-state index in [9.17, 15) is 0 Å². The Morgan fingerprint density at radius 3 is 2.76 bits per heavy atom. The van der Waals surface area contributed by atoms with Crippen LogP contribution in [0.25, 0.3) is 0 Å². The minimum atomic E-state index is 0.682. The number of hydrogen-bond acceptors (Lipinski definition) is 2. The first kappa shape index (κ1) is 11.3. The summed E-state index contributed by atoms with van der Waals surface area (Å²) < 4.78 is 0. The predicted molar refractivity (Wildman–Crippen MR) is 69.1 cm³/mol. The first-order valence-corrected chi connectivity index (χ1v) is 7.11. The molecule has 3 heteroatoms. The number of nitrogens with zero attached hydrogens (tertiary/aromatic N) is 1. The van der Waals surface area contributed by atoms with Crippen LogP contribution in [0.5, 0.6) is 0 Å². The SMILES string of the molecule is Cc1n[nH]c2c1CC(NC1CCCCC1)CC2. The molecule has 1 heterocycles. The molecule has 1 fully saturated rings. The van der Waals surface area contributed by atoms with Crippen LogP contribution in [0, 0.1) is 6.92 Å². The Hall–Kier alpha value is -0.830. The lowest BCUT2D eigenvalue weighted by atomic mass is 9.89. The molecule has 2 aliphatic rings. The highest BCUT2D eigenvalue weighted by molar-refractivity contribution is 5.28. The van der Waals surface area contributed by atoms with E-state index in [1.165, 1.54) is 68.3 Å². The lowest BCUT2D eigenvalue weighted by Gasteiger charge is -2.30. The summed E-state index contributed by atoms with van der Waals surface area (Å²) in [6, 6.07) is 1.46. The zero-order chi connectivity index (χ0) is 11.7. The molecule has 94 valence electrons. The van der Waals surface area contributed by atoms with E-state index in [1.807, 2.05) is 0 Å². The van der Waals surface area contributed by atoms with Crippen LogP contribution >= 0.6 is 0 Å². The van der Waals surface area contributed by atoms with Gasteiger partial charge in [-0.1, -0.05) is 19.3 Å². The van der Waals surface area contributed by atoms with Gasteiger partial charge in [-0.3, -0.25) is 5.10 Å². The molecule has 2 aliphatic carbocycles. The quantitative estimate of drug-likeness (QED) is 0.824. The van der Waals surface area contributed by atoms with E-state index >= 15 is 0 Å². The smallest absolute Gasteiger partial charge is 0.0626 e. The molecule has 2 N–H and O–H groups in total. The van der Waals surface area contributed by atoms with E-state index in [1.54, 1.807) is 0 Å². The van der Waals surface area contributed by atoms with Gasteiger partial charge in [0.05, 0.1) is 5.69 Å². The molecule has 3 nitrogen and oxygen atoms in total. The van der Waals surface area contributed by atoms with E-state index in [0.717, 1.165) is 6.04 Å². The van der Waals surface area contributed by atoms with Gasteiger partial charge in [0, 0.05) is 17.8 Å². The van der Waals surface area contributed by atoms with Gasteiger partial charge >= 0.3 is 0 Å². The molecule has 1 aromatic rings. The summed E-state index contributed by atoms with van der Waals surface area (Å²) in [4.78, 5) is 0. The second-order valence-corrected chi connectivity index (χ2v) is 5.71. The van der Waals surface area contributed by atoms with Crippen molar-refractivity contribution in [2.45, 2.75) is 70.4 Å². The van der Waals surface area contributed by atoms with Crippen molar-refractivity contribution in [3.05, 3.63) is 17.0 Å². The van der Waals surface area contributed by atoms with Gasteiger partial charge in [-0.25, -0.2) is 0 Å². The van der Waals surface area contributed by atoms with Crippen LogP contribution in [0.1, 0.15) is 55.5 Å². The second-order valence-electron chi connectivity index (χ2n) is 5.71. The Morgan fingerprint density at radius 2 is 1.94 bits per heavy atom. The van der Waals surface area contributed by atoms with Crippen molar-refractivity contribution >= 4 is 0 Å². The van der Waals surface area contributed by atoms with Crippen LogP contribution in [0.2, 0.25) is 0 Å². The zero-order valence-corrected chi connectivity index (χ0v) is 10.8. The summed E-state index contributed by atoms with van der Waals surface area (Å²) in [5.41, 5.74) is 4.06. The summed E-state index contributed by atoms with van der Waals surface area (Å²) in [6.07, 6.45) is 10.6. The number of aromatic amines is 1. The van der Waals surface area contributed by atoms with Gasteiger partial charge in [0.25, 0.3) is 0 Å². The van der Waals surface area contributed by atoms with E-state index in [4.69, 9.17) is 0 Å². The minimum Gasteiger partial charge on any atom is -0.311 e. The lowest BCUT2D eigenvalue weighted by Crippen LogP contribution is -2.42. The molecule has 0 amide bonds. The summed E-state index contributed by atoms with van der Waals surface area (Å²) >= 11 is 0. The molecule has 3 rings (SSSR count). The van der Waals surface area contributed by atoms with Crippen LogP contribution in [0.15, 0.2) is 0 Å². The third-order valence-electron chi connectivity index (χ3n) is 4.43. The molecule has 1 atom stereocenters. The molecule has 17 heavy (non-hydrogen) atoms. The highest BCUT2D eigenvalue weighted by Crippen LogP contribution is 2.24. The van der Waals surface area contributed by atoms with Crippen molar-refractivity contribution in [1.82, 2.24) is 15.5 Å². The summed E-state index contributed by atoms with van der Waals surface area (Å²) in [6.45, 7) is 2.12. The van der Waals surface area contributed by atoms with Gasteiger partial charge in [-0.15, -0.1) is 0 Å². The van der Waals surface area contributed by atoms with Gasteiger partial charge in [-0.05, 0) is 44.6 Å². The normalized spacial score (nSPS) is 25.8. The largest absolute Gasteiger partial charge is 0.311 e. The fourth-order valence-electron chi connectivity index (χ4n) is 3.39. The van der Waals surface area contributed by atoms with Gasteiger partial charge in [-0.2, -0.15) is 5.10 Å². The average Bonchev–Trinajstić information content (AvgIpc) is 2.73. The molecule has 0 saturated heterocycles. The maximum Gasteiger partial charge on any atom is 0.0626 e. The van der Waals surface area contributed by atoms with Crippen LogP contribution in [-0.2, 0) is 12.8 Å². The average molecular weight is 233 g/mol. The monoisotopic (exact) mass is 233 g/mol. The van der Waals surface area contributed by atoms with Gasteiger partial charge in [0.2, 0.25) is 0 Å². The fraction of sp³-hybridized carbons (Fsp3) is 0.786. The molecule has 1 aromatic heterocycles. The van der Waals surface area contributed by atoms with Crippen LogP contribution in [0.3, 0.4) is 0 Å². The number of hydrogen-bond donors (Lipinski definition) is 2. The second kappa shape index (κ2) is 4.81. The predicted octanol–water partition coefficient (Wildman–Crippen LogP) is 2.50. The third kappa shape index (κ3) is 2.39. The maximum atomic E-state index is 4.33. The molecular weight excluding hydrogens is 210 g/mol. The Bertz CT molecular complexity index is 377. The minimum absolute atomic E-state index is 0.682. The van der Waals surface area contributed by atoms with Crippen molar-refractivity contribution in [2.75, 3.05) is 0 Å². The lowest BCUT2D eigenvalue weighted by molar-refractivity contribution is 0.320. The van der Waals surface area contributed by atoms with Crippen molar-refractivity contribution in [3.8, 4) is 0 Å². The number of nitrogens with one attached hydrogen (secondary N) is 2. The highest BCUT2D eigenvalue weighted by Gasteiger charge is 2.24. The van der Waals surface area contributed by atoms with Crippen LogP contribution in [0.4, 0.5) is 0 Å². The topological polar surface area (TPSA) is 40.7 Å². The fourth-order valence-corrected chi connectivity index (χ4v) is 3.39. The summed E-state index contributed by atoms with van der Waals surface area (Å²) in [5, 5.41) is 11.4. The van der Waals surface area contributed by atoms with Crippen molar-refractivity contribution in [3.63, 3.8) is 0 Å². The van der Waals surface area contributed by atoms with E-state index < -0.39 is 0 Å². The summed E-state index contributed by atoms with van der Waals surface area (Å²) in [5.74, 6) is 0. The molecule has 0 spiro atoms. The molecule has 0 bridgehead atoms. The van der Waals surface area contributed by atoms with Gasteiger partial charge in [0.1, 0.15) is 0 Å². The Balaban J connectivity index is 1.61. The standard InChI is InChI=1S/C14H23N3/c1-10-13-9-12(7-8-14(13)17-16-10)15-11-5-3-2-4-6-11/h11-12,15H,2-9H2,1H3,(H,16,17). The van der Waals surface area contributed by atoms with Crippen molar-refractivity contribution < 1.29 is 0 Å². The Labute approximate surface area is 103 Å². The Morgan fingerprint density at radius 1 is 1.12 bits per heavy atom. The molecule has 0 aliphatic heterocycles. The molecule has 1 saturated carbocycles. The number of aromatic nitrogens is 2. The zero-order valence-electron chi connectivity index (χ0n) is 10.8. The van der Waals surface area contributed by atoms with E-state index in [-0.39, 0.29) is 0 Å². The number of H-pyrrole nitrogens is 1. The van der Waals surface area contributed by atoms with Gasteiger partial charge in [0.15, 0.2) is 0 Å². The first-order valence-electron chi connectivity index (χ1n) is 7.11. The number of fused-ring (bicyclic) bond motifs is 1. The Kier molecular flexibility index (Phi) is 3.19. The van der Waals surface area contributed by atoms with Crippen molar-refractivity contribution in [1.29, 1.82) is 0 Å². The highest BCUT2D eigenvalue weighted by atomic mass is 15.1. The number of aryl methyl sites for hydroxylation is 2. The van der Waals surface area contributed by atoms with E-state index in [0.29, 0.717) is 6.04 Å². The van der Waals surface area contributed by atoms with Crippen LogP contribution < -0.4 is 5.32 Å². The number of rotatable bonds is 2. The van der Waals surface area contributed by atoms with Crippen LogP contribution in [-0.4, -0.2) is 22.3 Å². The van der Waals surface area contributed by atoms with Gasteiger partial charge < -0.3 is 5.32 Å². The third-order valence-corrected chi connectivity index (χ3v) is 4.43. The first-order chi connectivity index (χ1) is 8.33. The molecule has 1 unspecified atom stereocenters. The molecule has 0 radical (unpaired) electrons.